The number of allylic oxidation sites excluding steroid dienone is 1. The van der Waals surface area contributed by atoms with Gasteiger partial charge in [-0.1, -0.05) is 37.3 Å². The molecule has 0 aliphatic carbocycles. The third-order valence-corrected chi connectivity index (χ3v) is 2.95. The van der Waals surface area contributed by atoms with Crippen molar-refractivity contribution >= 4 is 5.97 Å². The van der Waals surface area contributed by atoms with Crippen LogP contribution in [0.3, 0.4) is 0 Å². The third kappa shape index (κ3) is 6.09. The topological polar surface area (TPSA) is 35.5 Å². The number of hydrogen-bond donors (Lipinski definition) is 0. The van der Waals surface area contributed by atoms with E-state index in [2.05, 4.69) is 35.9 Å². The van der Waals surface area contributed by atoms with Gasteiger partial charge >= 0.3 is 5.97 Å². The van der Waals surface area contributed by atoms with E-state index in [1.54, 1.807) is 13.2 Å². The average Bonchev–Trinajstić information content (AvgIpc) is 2.45. The Kier molecular flexibility index (Phi) is 6.72. The molecule has 0 bridgehead atoms. The van der Waals surface area contributed by atoms with Crippen LogP contribution in [0.5, 0.6) is 0 Å². The molecule has 0 aromatic heterocycles. The summed E-state index contributed by atoms with van der Waals surface area (Å²) >= 11 is 0. The lowest BCUT2D eigenvalue weighted by atomic mass is 10.0. The Morgan fingerprint density at radius 2 is 1.95 bits per heavy atom. The van der Waals surface area contributed by atoms with Crippen LogP contribution in [0.15, 0.2) is 42.7 Å². The minimum Gasteiger partial charge on any atom is -0.487 e. The normalized spacial score (nSPS) is 14.1. The van der Waals surface area contributed by atoms with E-state index in [9.17, 15) is 4.79 Å². The van der Waals surface area contributed by atoms with E-state index in [4.69, 9.17) is 4.74 Å². The molecule has 0 amide bonds. The van der Waals surface area contributed by atoms with Crippen molar-refractivity contribution in [1.82, 2.24) is 0 Å². The van der Waals surface area contributed by atoms with Crippen LogP contribution in [0, 0.1) is 5.92 Å². The van der Waals surface area contributed by atoms with Gasteiger partial charge in [-0.15, -0.1) is 0 Å². The van der Waals surface area contributed by atoms with Gasteiger partial charge in [0.15, 0.2) is 6.10 Å². The van der Waals surface area contributed by atoms with Crippen molar-refractivity contribution in [3.05, 3.63) is 48.2 Å². The van der Waals surface area contributed by atoms with Crippen LogP contribution in [0.2, 0.25) is 0 Å². The molecule has 0 fully saturated rings. The maximum Gasteiger partial charge on any atom is 0.346 e. The lowest BCUT2D eigenvalue weighted by Crippen LogP contribution is -2.19. The number of benzene rings is 1. The Morgan fingerprint density at radius 1 is 1.26 bits per heavy atom. The fourth-order valence-corrected chi connectivity index (χ4v) is 1.65. The minimum atomic E-state index is -0.553. The summed E-state index contributed by atoms with van der Waals surface area (Å²) in [5.41, 5.74) is 1.34. The molecule has 0 N–H and O–H groups in total. The predicted molar refractivity (Wildman–Crippen MR) is 75.6 cm³/mol. The molecule has 1 rings (SSSR count). The van der Waals surface area contributed by atoms with E-state index in [1.165, 1.54) is 12.7 Å². The van der Waals surface area contributed by atoms with Crippen LogP contribution in [-0.4, -0.2) is 19.2 Å². The van der Waals surface area contributed by atoms with Crippen molar-refractivity contribution in [2.24, 2.45) is 5.92 Å². The summed E-state index contributed by atoms with van der Waals surface area (Å²) < 4.78 is 9.84. The Balaban J connectivity index is 2.27. The molecule has 3 heteroatoms. The van der Waals surface area contributed by atoms with Crippen LogP contribution >= 0.6 is 0 Å². The van der Waals surface area contributed by atoms with Gasteiger partial charge < -0.3 is 9.47 Å². The maximum atomic E-state index is 11.1. The van der Waals surface area contributed by atoms with Crippen LogP contribution in [0.1, 0.15) is 25.8 Å². The second-order valence-corrected chi connectivity index (χ2v) is 4.63. The molecular weight excluding hydrogens is 240 g/mol. The first-order chi connectivity index (χ1) is 9.13. The van der Waals surface area contributed by atoms with Gasteiger partial charge in [0, 0.05) is 0 Å². The van der Waals surface area contributed by atoms with Gasteiger partial charge in [-0.25, -0.2) is 4.79 Å². The number of ether oxygens (including phenoxy) is 2. The Labute approximate surface area is 115 Å². The molecule has 19 heavy (non-hydrogen) atoms. The number of carbonyl (C=O) groups excluding carboxylic acids is 1. The highest BCUT2D eigenvalue weighted by atomic mass is 16.6. The van der Waals surface area contributed by atoms with Crippen LogP contribution in [0.25, 0.3) is 0 Å². The third-order valence-electron chi connectivity index (χ3n) is 2.95. The van der Waals surface area contributed by atoms with Gasteiger partial charge in [0.05, 0.1) is 13.4 Å². The number of aryl methyl sites for hydroxylation is 1. The summed E-state index contributed by atoms with van der Waals surface area (Å²) in [6.07, 6.45) is 5.11. The van der Waals surface area contributed by atoms with Crippen molar-refractivity contribution in [3.8, 4) is 0 Å². The fraction of sp³-hybridized carbons (Fsp3) is 0.438. The van der Waals surface area contributed by atoms with Crippen molar-refractivity contribution in [3.63, 3.8) is 0 Å². The highest BCUT2D eigenvalue weighted by Gasteiger charge is 2.11. The molecule has 0 spiro atoms. The molecule has 0 saturated heterocycles. The first kappa shape index (κ1) is 15.3. The van der Waals surface area contributed by atoms with E-state index in [0.29, 0.717) is 5.92 Å². The average molecular weight is 262 g/mol. The summed E-state index contributed by atoms with van der Waals surface area (Å²) in [5, 5.41) is 0. The SMILES string of the molecule is COC(=O)C(C)OC=CC(C)CCc1ccccc1. The standard InChI is InChI=1S/C16H22O3/c1-13(9-10-15-7-5-4-6-8-15)11-12-19-14(2)16(17)18-3/h4-8,11-14H,9-10H2,1-3H3. The van der Waals surface area contributed by atoms with E-state index in [1.807, 2.05) is 12.1 Å². The van der Waals surface area contributed by atoms with Crippen LogP contribution in [-0.2, 0) is 20.7 Å². The van der Waals surface area contributed by atoms with E-state index in [0.717, 1.165) is 12.8 Å². The molecule has 0 radical (unpaired) electrons. The molecule has 0 aliphatic heterocycles. The zero-order valence-corrected chi connectivity index (χ0v) is 11.8. The maximum absolute atomic E-state index is 11.1. The lowest BCUT2D eigenvalue weighted by Gasteiger charge is -2.10. The second-order valence-electron chi connectivity index (χ2n) is 4.63. The molecular formula is C16H22O3. The number of hydrogen-bond acceptors (Lipinski definition) is 3. The van der Waals surface area contributed by atoms with Crippen molar-refractivity contribution in [1.29, 1.82) is 0 Å². The highest BCUT2D eigenvalue weighted by molar-refractivity contribution is 5.74. The molecule has 0 aliphatic rings. The first-order valence-electron chi connectivity index (χ1n) is 6.57. The summed E-state index contributed by atoms with van der Waals surface area (Å²) in [4.78, 5) is 11.1. The lowest BCUT2D eigenvalue weighted by molar-refractivity contribution is -0.149. The zero-order chi connectivity index (χ0) is 14.1. The van der Waals surface area contributed by atoms with Gasteiger partial charge in [-0.2, -0.15) is 0 Å². The molecule has 2 unspecified atom stereocenters. The number of methoxy groups -OCH3 is 1. The fourth-order valence-electron chi connectivity index (χ4n) is 1.65. The van der Waals surface area contributed by atoms with Gasteiger partial charge in [0.2, 0.25) is 0 Å². The van der Waals surface area contributed by atoms with Crippen LogP contribution in [0.4, 0.5) is 0 Å². The molecule has 1 aromatic carbocycles. The molecule has 2 atom stereocenters. The van der Waals surface area contributed by atoms with Gasteiger partial charge in [-0.05, 0) is 37.3 Å². The van der Waals surface area contributed by atoms with E-state index in [-0.39, 0.29) is 5.97 Å². The van der Waals surface area contributed by atoms with Gasteiger partial charge in [-0.3, -0.25) is 0 Å². The number of esters is 1. The van der Waals surface area contributed by atoms with Crippen molar-refractivity contribution in [2.75, 3.05) is 7.11 Å². The monoisotopic (exact) mass is 262 g/mol. The van der Waals surface area contributed by atoms with Gasteiger partial charge in [0.1, 0.15) is 0 Å². The predicted octanol–water partition coefficient (Wildman–Crippen LogP) is 3.35. The largest absolute Gasteiger partial charge is 0.487 e. The smallest absolute Gasteiger partial charge is 0.346 e. The minimum absolute atomic E-state index is 0.360. The highest BCUT2D eigenvalue weighted by Crippen LogP contribution is 2.11. The molecule has 1 aromatic rings. The van der Waals surface area contributed by atoms with E-state index < -0.39 is 6.10 Å². The Morgan fingerprint density at radius 3 is 2.58 bits per heavy atom. The zero-order valence-electron chi connectivity index (χ0n) is 11.8. The molecule has 0 heterocycles. The van der Waals surface area contributed by atoms with Crippen LogP contribution < -0.4 is 0 Å². The Hall–Kier alpha value is -1.77. The quantitative estimate of drug-likeness (QED) is 0.558. The first-order valence-corrected chi connectivity index (χ1v) is 6.57. The Bertz CT molecular complexity index is 398. The molecule has 3 nitrogen and oxygen atoms in total. The summed E-state index contributed by atoms with van der Waals surface area (Å²) in [5.74, 6) is 0.0478. The van der Waals surface area contributed by atoms with Crippen molar-refractivity contribution < 1.29 is 14.3 Å². The summed E-state index contributed by atoms with van der Waals surface area (Å²) in [7, 11) is 1.36. The number of carbonyl (C=O) groups is 1. The molecule has 0 saturated carbocycles. The summed E-state index contributed by atoms with van der Waals surface area (Å²) in [6.45, 7) is 3.80. The van der Waals surface area contributed by atoms with Gasteiger partial charge in [0.25, 0.3) is 0 Å². The van der Waals surface area contributed by atoms with E-state index >= 15 is 0 Å². The summed E-state index contributed by atoms with van der Waals surface area (Å²) in [6, 6.07) is 10.4. The van der Waals surface area contributed by atoms with Crippen molar-refractivity contribution in [2.45, 2.75) is 32.8 Å². The number of rotatable bonds is 7. The molecule has 104 valence electrons. The second kappa shape index (κ2) is 8.35.